The number of fused-ring (bicyclic) bond motifs is 1. The normalized spacial score (nSPS) is 14.7. The summed E-state index contributed by atoms with van der Waals surface area (Å²) in [7, 11) is -1.95. The average Bonchev–Trinajstić information content (AvgIpc) is 2.93. The first-order valence-electron chi connectivity index (χ1n) is 14.1. The van der Waals surface area contributed by atoms with Crippen LogP contribution in [-0.2, 0) is 21.9 Å². The van der Waals surface area contributed by atoms with Crippen molar-refractivity contribution >= 4 is 36.8 Å². The second-order valence-corrected chi connectivity index (χ2v) is 16.8. The van der Waals surface area contributed by atoms with Gasteiger partial charge in [-0.25, -0.2) is 4.98 Å². The lowest BCUT2D eigenvalue weighted by Crippen LogP contribution is -2.42. The van der Waals surface area contributed by atoms with E-state index in [-0.39, 0.29) is 23.1 Å². The quantitative estimate of drug-likeness (QED) is 0.224. The standard InChI is InChI=1S/C30H40F3N5O3Si/c1-20-21(8-7-9-23(20)30(31,32)33)18-35-24-16-22(28(39)34-10-13-41-42(5,6)29(2,3)4)17-25-27(24)37-26(19-36-25)38-11-14-40-15-12-38/h7-9,16-17,19,35H,10-15,18H2,1-6H3,(H,34,39). The monoisotopic (exact) mass is 603 g/mol. The molecule has 1 aliphatic rings. The Balaban J connectivity index is 1.60. The topological polar surface area (TPSA) is 88.6 Å². The van der Waals surface area contributed by atoms with E-state index in [0.29, 0.717) is 73.1 Å². The molecule has 0 unspecified atom stereocenters. The second kappa shape index (κ2) is 12.6. The van der Waals surface area contributed by atoms with Crippen LogP contribution in [0.4, 0.5) is 24.7 Å². The van der Waals surface area contributed by atoms with Crippen LogP contribution in [0.2, 0.25) is 18.1 Å². The average molecular weight is 604 g/mol. The summed E-state index contributed by atoms with van der Waals surface area (Å²) in [6.07, 6.45) is -2.78. The minimum atomic E-state index is -4.45. The zero-order chi connectivity index (χ0) is 30.7. The number of hydrogen-bond donors (Lipinski definition) is 2. The predicted molar refractivity (Wildman–Crippen MR) is 162 cm³/mol. The van der Waals surface area contributed by atoms with Crippen molar-refractivity contribution in [2.45, 2.75) is 58.5 Å². The maximum absolute atomic E-state index is 13.5. The molecule has 8 nitrogen and oxygen atoms in total. The van der Waals surface area contributed by atoms with Crippen LogP contribution in [0.1, 0.15) is 47.8 Å². The number of aromatic nitrogens is 2. The van der Waals surface area contributed by atoms with Gasteiger partial charge in [-0.15, -0.1) is 0 Å². The maximum atomic E-state index is 13.5. The van der Waals surface area contributed by atoms with Crippen LogP contribution in [0.15, 0.2) is 36.5 Å². The molecule has 0 saturated carbocycles. The summed E-state index contributed by atoms with van der Waals surface area (Å²) in [6.45, 7) is 15.6. The molecule has 0 atom stereocenters. The molecule has 2 N–H and O–H groups in total. The summed E-state index contributed by atoms with van der Waals surface area (Å²) in [5.74, 6) is 0.372. The lowest BCUT2D eigenvalue weighted by Gasteiger charge is -2.36. The molecule has 0 aliphatic carbocycles. The predicted octanol–water partition coefficient (Wildman–Crippen LogP) is 6.16. The molecule has 2 aromatic carbocycles. The number of carbonyl (C=O) groups is 1. The number of amides is 1. The number of nitrogens with one attached hydrogen (secondary N) is 2. The van der Waals surface area contributed by atoms with E-state index in [1.165, 1.54) is 13.0 Å². The molecule has 1 aliphatic heterocycles. The van der Waals surface area contributed by atoms with E-state index < -0.39 is 20.1 Å². The van der Waals surface area contributed by atoms with Crippen LogP contribution in [0.5, 0.6) is 0 Å². The number of rotatable bonds is 9. The van der Waals surface area contributed by atoms with Gasteiger partial charge in [-0.3, -0.25) is 9.78 Å². The molecule has 42 heavy (non-hydrogen) atoms. The Morgan fingerprint density at radius 1 is 1.14 bits per heavy atom. The van der Waals surface area contributed by atoms with Gasteiger partial charge >= 0.3 is 6.18 Å². The summed E-state index contributed by atoms with van der Waals surface area (Å²) in [6, 6.07) is 7.48. The van der Waals surface area contributed by atoms with E-state index in [9.17, 15) is 18.0 Å². The number of benzene rings is 2. The zero-order valence-corrected chi connectivity index (χ0v) is 26.1. The van der Waals surface area contributed by atoms with Gasteiger partial charge < -0.3 is 24.7 Å². The van der Waals surface area contributed by atoms with Crippen LogP contribution in [-0.4, -0.2) is 63.6 Å². The first-order chi connectivity index (χ1) is 19.7. The first-order valence-corrected chi connectivity index (χ1v) is 17.0. The van der Waals surface area contributed by atoms with Gasteiger partial charge in [-0.2, -0.15) is 13.2 Å². The molecule has 228 valence electrons. The number of ether oxygens (including phenoxy) is 1. The Kier molecular flexibility index (Phi) is 9.48. The summed E-state index contributed by atoms with van der Waals surface area (Å²) in [5.41, 5.74) is 1.88. The van der Waals surface area contributed by atoms with Crippen LogP contribution in [0.25, 0.3) is 11.0 Å². The second-order valence-electron chi connectivity index (χ2n) is 12.0. The van der Waals surface area contributed by atoms with Crippen molar-refractivity contribution in [3.8, 4) is 0 Å². The van der Waals surface area contributed by atoms with Crippen molar-refractivity contribution in [3.05, 3.63) is 58.8 Å². The van der Waals surface area contributed by atoms with Gasteiger partial charge in [0.25, 0.3) is 5.91 Å². The smallest absolute Gasteiger partial charge is 0.415 e. The van der Waals surface area contributed by atoms with Crippen molar-refractivity contribution in [2.75, 3.05) is 49.7 Å². The highest BCUT2D eigenvalue weighted by atomic mass is 28.4. The number of alkyl halides is 3. The molecular weight excluding hydrogens is 563 g/mol. The number of nitrogens with zero attached hydrogens (tertiary/aromatic N) is 3. The molecule has 3 aromatic rings. The molecule has 12 heteroatoms. The zero-order valence-electron chi connectivity index (χ0n) is 25.1. The molecule has 4 rings (SSSR count). The molecule has 0 bridgehead atoms. The van der Waals surface area contributed by atoms with Gasteiger partial charge in [0, 0.05) is 31.7 Å². The largest absolute Gasteiger partial charge is 0.416 e. The van der Waals surface area contributed by atoms with Gasteiger partial charge in [-0.1, -0.05) is 32.9 Å². The van der Waals surface area contributed by atoms with Gasteiger partial charge in [-0.05, 0) is 54.4 Å². The minimum absolute atomic E-state index is 0.0621. The van der Waals surface area contributed by atoms with Crippen LogP contribution in [0.3, 0.4) is 0 Å². The minimum Gasteiger partial charge on any atom is -0.415 e. The van der Waals surface area contributed by atoms with Crippen LogP contribution in [0, 0.1) is 6.92 Å². The van der Waals surface area contributed by atoms with Gasteiger partial charge in [0.15, 0.2) is 8.32 Å². The van der Waals surface area contributed by atoms with Gasteiger partial charge in [0.2, 0.25) is 0 Å². The van der Waals surface area contributed by atoms with E-state index in [1.54, 1.807) is 24.4 Å². The third-order valence-electron chi connectivity index (χ3n) is 8.11. The number of morpholine rings is 1. The number of anilines is 2. The van der Waals surface area contributed by atoms with E-state index in [0.717, 1.165) is 6.07 Å². The fourth-order valence-corrected chi connectivity index (χ4v) is 5.52. The summed E-state index contributed by atoms with van der Waals surface area (Å²) in [4.78, 5) is 24.7. The highest BCUT2D eigenvalue weighted by Gasteiger charge is 2.37. The maximum Gasteiger partial charge on any atom is 0.416 e. The number of hydrogen-bond acceptors (Lipinski definition) is 7. The highest BCUT2D eigenvalue weighted by molar-refractivity contribution is 6.74. The highest BCUT2D eigenvalue weighted by Crippen LogP contribution is 2.36. The number of halogens is 3. The molecule has 1 fully saturated rings. The Bertz CT molecular complexity index is 1420. The van der Waals surface area contributed by atoms with E-state index >= 15 is 0 Å². The Morgan fingerprint density at radius 2 is 1.86 bits per heavy atom. The number of carbonyl (C=O) groups excluding carboxylic acids is 1. The molecular formula is C30H40F3N5O3Si. The fourth-order valence-electron chi connectivity index (χ4n) is 4.48. The molecule has 0 spiro atoms. The lowest BCUT2D eigenvalue weighted by atomic mass is 10.0. The summed E-state index contributed by atoms with van der Waals surface area (Å²) < 4.78 is 52.2. The van der Waals surface area contributed by atoms with Gasteiger partial charge in [0.1, 0.15) is 11.3 Å². The third kappa shape index (κ3) is 7.40. The first kappa shape index (κ1) is 31.7. The van der Waals surface area contributed by atoms with Crippen LogP contribution >= 0.6 is 0 Å². The molecule has 0 radical (unpaired) electrons. The Labute approximate surface area is 246 Å². The molecule has 2 heterocycles. The van der Waals surface area contributed by atoms with Crippen molar-refractivity contribution < 1.29 is 27.1 Å². The van der Waals surface area contributed by atoms with Crippen molar-refractivity contribution in [3.63, 3.8) is 0 Å². The summed E-state index contributed by atoms with van der Waals surface area (Å²) >= 11 is 0. The van der Waals surface area contributed by atoms with E-state index in [4.69, 9.17) is 14.1 Å². The third-order valence-corrected chi connectivity index (χ3v) is 12.6. The molecule has 1 amide bonds. The van der Waals surface area contributed by atoms with Crippen molar-refractivity contribution in [1.29, 1.82) is 0 Å². The Morgan fingerprint density at radius 3 is 2.52 bits per heavy atom. The Hall–Kier alpha value is -3.22. The molecule has 1 aromatic heterocycles. The van der Waals surface area contributed by atoms with Crippen molar-refractivity contribution in [1.82, 2.24) is 15.3 Å². The van der Waals surface area contributed by atoms with Gasteiger partial charge in [0.05, 0.1) is 42.8 Å². The molecule has 1 saturated heterocycles. The SMILES string of the molecule is Cc1c(CNc2cc(C(=O)NCCO[Si](C)(C)C(C)(C)C)cc3ncc(N4CCOCC4)nc23)cccc1C(F)(F)F. The summed E-state index contributed by atoms with van der Waals surface area (Å²) in [5, 5.41) is 6.22. The lowest BCUT2D eigenvalue weighted by molar-refractivity contribution is -0.138. The van der Waals surface area contributed by atoms with Crippen molar-refractivity contribution in [2.24, 2.45) is 0 Å². The van der Waals surface area contributed by atoms with E-state index in [2.05, 4.69) is 54.4 Å². The van der Waals surface area contributed by atoms with E-state index in [1.807, 2.05) is 0 Å². The fraction of sp³-hybridized carbons (Fsp3) is 0.500. The van der Waals surface area contributed by atoms with Crippen LogP contribution < -0.4 is 15.5 Å².